The lowest BCUT2D eigenvalue weighted by Gasteiger charge is -2.42. The summed E-state index contributed by atoms with van der Waals surface area (Å²) in [5.41, 5.74) is -0.830. The molecule has 0 saturated carbocycles. The Labute approximate surface area is 161 Å². The summed E-state index contributed by atoms with van der Waals surface area (Å²) in [4.78, 5) is 35.0. The molecule has 27 heavy (non-hydrogen) atoms. The summed E-state index contributed by atoms with van der Waals surface area (Å²) in [5, 5.41) is 10.7. The van der Waals surface area contributed by atoms with Crippen LogP contribution >= 0.6 is 11.8 Å². The van der Waals surface area contributed by atoms with E-state index in [0.717, 1.165) is 4.90 Å². The van der Waals surface area contributed by atoms with Gasteiger partial charge in [-0.15, -0.1) is 0 Å². The van der Waals surface area contributed by atoms with Gasteiger partial charge in [0.2, 0.25) is 0 Å². The molecule has 0 bridgehead atoms. The second kappa shape index (κ2) is 9.72. The number of thioether (sulfide) groups is 1. The average Bonchev–Trinajstić information content (AvgIpc) is 2.59. The van der Waals surface area contributed by atoms with E-state index in [1.807, 2.05) is 30.3 Å². The minimum atomic E-state index is -1.27. The van der Waals surface area contributed by atoms with Crippen molar-refractivity contribution in [2.75, 3.05) is 6.61 Å². The van der Waals surface area contributed by atoms with Gasteiger partial charge < -0.3 is 24.1 Å². The quantitative estimate of drug-likeness (QED) is 0.560. The summed E-state index contributed by atoms with van der Waals surface area (Å²) in [5.74, 6) is -1.83. The highest BCUT2D eigenvalue weighted by atomic mass is 32.2. The highest BCUT2D eigenvalue weighted by Gasteiger charge is 2.50. The number of esters is 3. The maximum Gasteiger partial charge on any atom is 0.303 e. The van der Waals surface area contributed by atoms with Crippen molar-refractivity contribution in [3.05, 3.63) is 30.3 Å². The van der Waals surface area contributed by atoms with Crippen LogP contribution < -0.4 is 0 Å². The van der Waals surface area contributed by atoms with Crippen molar-refractivity contribution in [1.82, 2.24) is 0 Å². The maximum atomic E-state index is 11.5. The Bertz CT molecular complexity index is 665. The topological polar surface area (TPSA) is 108 Å². The highest BCUT2D eigenvalue weighted by molar-refractivity contribution is 7.99. The third-order valence-electron chi connectivity index (χ3n) is 3.66. The SMILES string of the molecule is CC(=O)OC[C@H]1O[C@@H](Sc2ccccc2)[C@H](O)[C@@H](OC(C)=O)[C@@H]1OC(C)=O. The Balaban J connectivity index is 2.27. The predicted molar refractivity (Wildman–Crippen MR) is 94.7 cm³/mol. The van der Waals surface area contributed by atoms with Crippen LogP contribution in [-0.4, -0.2) is 59.5 Å². The second-order valence-electron chi connectivity index (χ2n) is 5.92. The fourth-order valence-corrected chi connectivity index (χ4v) is 3.69. The number of aliphatic hydroxyl groups is 1. The molecule has 1 aromatic rings. The van der Waals surface area contributed by atoms with E-state index in [4.69, 9.17) is 18.9 Å². The molecule has 1 aliphatic rings. The first kappa shape index (κ1) is 21.2. The van der Waals surface area contributed by atoms with E-state index in [2.05, 4.69) is 0 Å². The summed E-state index contributed by atoms with van der Waals surface area (Å²) >= 11 is 1.22. The van der Waals surface area contributed by atoms with Gasteiger partial charge in [-0.05, 0) is 12.1 Å². The van der Waals surface area contributed by atoms with E-state index in [1.54, 1.807) is 0 Å². The summed E-state index contributed by atoms with van der Waals surface area (Å²) in [6.07, 6.45) is -4.46. The molecule has 1 saturated heterocycles. The lowest BCUT2D eigenvalue weighted by Crippen LogP contribution is -2.60. The highest BCUT2D eigenvalue weighted by Crippen LogP contribution is 2.35. The summed E-state index contributed by atoms with van der Waals surface area (Å²) < 4.78 is 21.3. The Morgan fingerprint density at radius 3 is 2.15 bits per heavy atom. The van der Waals surface area contributed by atoms with Crippen LogP contribution in [0.4, 0.5) is 0 Å². The van der Waals surface area contributed by atoms with Crippen LogP contribution in [0.25, 0.3) is 0 Å². The lowest BCUT2D eigenvalue weighted by atomic mass is 9.99. The summed E-state index contributed by atoms with van der Waals surface area (Å²) in [7, 11) is 0. The van der Waals surface area contributed by atoms with Gasteiger partial charge in [0.25, 0.3) is 0 Å². The van der Waals surface area contributed by atoms with Gasteiger partial charge in [0.15, 0.2) is 12.2 Å². The lowest BCUT2D eigenvalue weighted by molar-refractivity contribution is -0.231. The van der Waals surface area contributed by atoms with Gasteiger partial charge >= 0.3 is 17.9 Å². The molecule has 0 spiro atoms. The van der Waals surface area contributed by atoms with Crippen LogP contribution in [0, 0.1) is 0 Å². The molecule has 9 heteroatoms. The van der Waals surface area contributed by atoms with Crippen molar-refractivity contribution in [2.24, 2.45) is 0 Å². The molecular formula is C18H22O8S. The van der Waals surface area contributed by atoms with E-state index in [-0.39, 0.29) is 6.61 Å². The summed E-state index contributed by atoms with van der Waals surface area (Å²) in [6.45, 7) is 3.39. The van der Waals surface area contributed by atoms with E-state index in [9.17, 15) is 19.5 Å². The maximum absolute atomic E-state index is 11.5. The predicted octanol–water partition coefficient (Wildman–Crippen LogP) is 1.29. The van der Waals surface area contributed by atoms with Crippen molar-refractivity contribution in [3.63, 3.8) is 0 Å². The van der Waals surface area contributed by atoms with Crippen LogP contribution in [0.3, 0.4) is 0 Å². The molecule has 1 heterocycles. The zero-order valence-electron chi connectivity index (χ0n) is 15.2. The van der Waals surface area contributed by atoms with Crippen LogP contribution in [0.1, 0.15) is 20.8 Å². The van der Waals surface area contributed by atoms with Crippen molar-refractivity contribution in [1.29, 1.82) is 0 Å². The Hall–Kier alpha value is -2.10. The smallest absolute Gasteiger partial charge is 0.303 e. The van der Waals surface area contributed by atoms with Crippen LogP contribution in [0.2, 0.25) is 0 Å². The molecule has 0 unspecified atom stereocenters. The zero-order valence-corrected chi connectivity index (χ0v) is 16.0. The van der Waals surface area contributed by atoms with E-state index < -0.39 is 47.8 Å². The monoisotopic (exact) mass is 398 g/mol. The molecule has 148 valence electrons. The number of carbonyl (C=O) groups is 3. The largest absolute Gasteiger partial charge is 0.463 e. The number of hydrogen-bond donors (Lipinski definition) is 1. The van der Waals surface area contributed by atoms with Gasteiger partial charge in [0.05, 0.1) is 0 Å². The van der Waals surface area contributed by atoms with E-state index in [0.29, 0.717) is 0 Å². The number of hydrogen-bond acceptors (Lipinski definition) is 9. The van der Waals surface area contributed by atoms with E-state index in [1.165, 1.54) is 32.5 Å². The van der Waals surface area contributed by atoms with Crippen LogP contribution in [0.15, 0.2) is 35.2 Å². The molecule has 8 nitrogen and oxygen atoms in total. The molecular weight excluding hydrogens is 376 g/mol. The van der Waals surface area contributed by atoms with Gasteiger partial charge in [0.1, 0.15) is 24.3 Å². The molecule has 1 aliphatic heterocycles. The molecule has 2 rings (SSSR count). The van der Waals surface area contributed by atoms with Gasteiger partial charge in [-0.1, -0.05) is 30.0 Å². The van der Waals surface area contributed by atoms with Crippen LogP contribution in [0.5, 0.6) is 0 Å². The molecule has 0 aliphatic carbocycles. The van der Waals surface area contributed by atoms with Crippen molar-refractivity contribution >= 4 is 29.7 Å². The second-order valence-corrected chi connectivity index (χ2v) is 7.09. The van der Waals surface area contributed by atoms with E-state index >= 15 is 0 Å². The number of benzene rings is 1. The molecule has 1 N–H and O–H groups in total. The third-order valence-corrected chi connectivity index (χ3v) is 4.83. The minimum absolute atomic E-state index is 0.219. The third kappa shape index (κ3) is 6.23. The molecule has 0 amide bonds. The number of carbonyl (C=O) groups excluding carboxylic acids is 3. The number of aliphatic hydroxyl groups excluding tert-OH is 1. The van der Waals surface area contributed by atoms with Gasteiger partial charge in [-0.2, -0.15) is 0 Å². The first-order valence-corrected chi connectivity index (χ1v) is 9.19. The molecule has 1 aromatic carbocycles. The fourth-order valence-electron chi connectivity index (χ4n) is 2.62. The van der Waals surface area contributed by atoms with Gasteiger partial charge in [-0.25, -0.2) is 0 Å². The first-order valence-electron chi connectivity index (χ1n) is 8.31. The standard InChI is InChI=1S/C18H22O8S/c1-10(19)23-9-14-16(24-11(2)20)17(25-12(3)21)15(22)18(26-14)27-13-7-5-4-6-8-13/h4-8,14-18,22H,9H2,1-3H3/t14-,15-,16-,17-,18+/m1/s1. The van der Waals surface area contributed by atoms with Crippen molar-refractivity contribution in [3.8, 4) is 0 Å². The minimum Gasteiger partial charge on any atom is -0.463 e. The van der Waals surface area contributed by atoms with Crippen LogP contribution in [-0.2, 0) is 33.3 Å². The van der Waals surface area contributed by atoms with Gasteiger partial charge in [-0.3, -0.25) is 14.4 Å². The Morgan fingerprint density at radius 2 is 1.59 bits per heavy atom. The molecule has 0 aromatic heterocycles. The molecule has 5 atom stereocenters. The number of ether oxygens (including phenoxy) is 4. The average molecular weight is 398 g/mol. The molecule has 1 fully saturated rings. The van der Waals surface area contributed by atoms with Crippen molar-refractivity contribution in [2.45, 2.75) is 55.5 Å². The van der Waals surface area contributed by atoms with Crippen molar-refractivity contribution < 1.29 is 38.4 Å². The fraction of sp³-hybridized carbons (Fsp3) is 0.500. The Kier molecular flexibility index (Phi) is 7.64. The Morgan fingerprint density at radius 1 is 1.00 bits per heavy atom. The molecule has 0 radical (unpaired) electrons. The van der Waals surface area contributed by atoms with Gasteiger partial charge in [0, 0.05) is 25.7 Å². The number of rotatable bonds is 6. The normalized spacial score (nSPS) is 27.5. The summed E-state index contributed by atoms with van der Waals surface area (Å²) in [6, 6.07) is 9.18. The first-order chi connectivity index (χ1) is 12.8. The zero-order chi connectivity index (χ0) is 20.0.